The van der Waals surface area contributed by atoms with Gasteiger partial charge in [-0.15, -0.1) is 0 Å². The lowest BCUT2D eigenvalue weighted by atomic mass is 10.0. The van der Waals surface area contributed by atoms with E-state index in [9.17, 15) is 0 Å². The number of rotatable bonds is 4. The van der Waals surface area contributed by atoms with Crippen LogP contribution in [0.2, 0.25) is 5.02 Å². The molecule has 3 nitrogen and oxygen atoms in total. The molecule has 4 heteroatoms. The predicted molar refractivity (Wildman–Crippen MR) is 78.6 cm³/mol. The molecule has 1 fully saturated rings. The van der Waals surface area contributed by atoms with E-state index in [4.69, 9.17) is 11.6 Å². The van der Waals surface area contributed by atoms with E-state index < -0.39 is 0 Å². The molecular formula is C15H18ClN3. The molecule has 1 aromatic carbocycles. The fraction of sp³-hybridized carbons (Fsp3) is 0.400. The lowest BCUT2D eigenvalue weighted by Crippen LogP contribution is -2.13. The number of hydrogen-bond donors (Lipinski definition) is 2. The number of hydrogen-bond acceptors (Lipinski definition) is 2. The lowest BCUT2D eigenvalue weighted by molar-refractivity contribution is 0.678. The SMILES string of the molecule is Cc1n[nH]c(C)c1NC(c1ccc(Cl)cc1)C1CC1. The zero-order valence-corrected chi connectivity index (χ0v) is 12.0. The van der Waals surface area contributed by atoms with E-state index in [0.717, 1.165) is 28.0 Å². The number of nitrogens with one attached hydrogen (secondary N) is 2. The number of benzene rings is 1. The summed E-state index contributed by atoms with van der Waals surface area (Å²) in [5, 5.41) is 11.7. The highest BCUT2D eigenvalue weighted by Crippen LogP contribution is 2.43. The van der Waals surface area contributed by atoms with Crippen molar-refractivity contribution in [2.75, 3.05) is 5.32 Å². The highest BCUT2D eigenvalue weighted by Gasteiger charge is 2.33. The first-order valence-electron chi connectivity index (χ1n) is 6.68. The molecule has 1 saturated carbocycles. The number of nitrogens with zero attached hydrogens (tertiary/aromatic N) is 1. The van der Waals surface area contributed by atoms with Crippen LogP contribution in [0.15, 0.2) is 24.3 Å². The number of H-pyrrole nitrogens is 1. The van der Waals surface area contributed by atoms with E-state index in [0.29, 0.717) is 6.04 Å². The fourth-order valence-electron chi connectivity index (χ4n) is 2.49. The molecule has 1 unspecified atom stereocenters. The van der Waals surface area contributed by atoms with Gasteiger partial charge in [0.1, 0.15) is 0 Å². The second-order valence-corrected chi connectivity index (χ2v) is 5.76. The van der Waals surface area contributed by atoms with Gasteiger partial charge in [0.05, 0.1) is 23.1 Å². The van der Waals surface area contributed by atoms with Gasteiger partial charge >= 0.3 is 0 Å². The zero-order chi connectivity index (χ0) is 13.4. The van der Waals surface area contributed by atoms with Gasteiger partial charge in [0, 0.05) is 5.02 Å². The van der Waals surface area contributed by atoms with E-state index in [-0.39, 0.29) is 0 Å². The van der Waals surface area contributed by atoms with Crippen molar-refractivity contribution >= 4 is 17.3 Å². The maximum atomic E-state index is 5.97. The molecule has 0 amide bonds. The van der Waals surface area contributed by atoms with Gasteiger partial charge in [-0.3, -0.25) is 5.10 Å². The van der Waals surface area contributed by atoms with Crippen LogP contribution in [0.3, 0.4) is 0 Å². The average Bonchev–Trinajstić information content (AvgIpc) is 3.18. The molecule has 0 aliphatic heterocycles. The van der Waals surface area contributed by atoms with E-state index in [1.807, 2.05) is 26.0 Å². The van der Waals surface area contributed by atoms with Gasteiger partial charge in [-0.2, -0.15) is 5.10 Å². The van der Waals surface area contributed by atoms with Crippen LogP contribution in [0.25, 0.3) is 0 Å². The van der Waals surface area contributed by atoms with Crippen molar-refractivity contribution in [2.24, 2.45) is 5.92 Å². The number of anilines is 1. The molecule has 1 aliphatic carbocycles. The Balaban J connectivity index is 1.88. The Morgan fingerprint density at radius 3 is 2.47 bits per heavy atom. The maximum Gasteiger partial charge on any atom is 0.0825 e. The summed E-state index contributed by atoms with van der Waals surface area (Å²) in [6.45, 7) is 4.08. The Hall–Kier alpha value is -1.48. The first-order valence-corrected chi connectivity index (χ1v) is 7.06. The van der Waals surface area contributed by atoms with Crippen molar-refractivity contribution in [2.45, 2.75) is 32.7 Å². The first kappa shape index (κ1) is 12.5. The van der Waals surface area contributed by atoms with Crippen molar-refractivity contribution in [3.8, 4) is 0 Å². The molecule has 2 aromatic rings. The summed E-state index contributed by atoms with van der Waals surface area (Å²) in [6, 6.07) is 8.50. The number of halogens is 1. The summed E-state index contributed by atoms with van der Waals surface area (Å²) in [6.07, 6.45) is 2.58. The third kappa shape index (κ3) is 2.61. The minimum absolute atomic E-state index is 0.354. The quantitative estimate of drug-likeness (QED) is 0.876. The van der Waals surface area contributed by atoms with Crippen LogP contribution in [0.5, 0.6) is 0 Å². The van der Waals surface area contributed by atoms with Crippen LogP contribution < -0.4 is 5.32 Å². The Bertz CT molecular complexity index is 550. The largest absolute Gasteiger partial charge is 0.375 e. The van der Waals surface area contributed by atoms with Crippen LogP contribution in [0, 0.1) is 19.8 Å². The summed E-state index contributed by atoms with van der Waals surface area (Å²) in [5.41, 5.74) is 4.55. The normalized spacial score (nSPS) is 16.4. The minimum Gasteiger partial charge on any atom is -0.375 e. The van der Waals surface area contributed by atoms with Crippen molar-refractivity contribution in [1.82, 2.24) is 10.2 Å². The highest BCUT2D eigenvalue weighted by molar-refractivity contribution is 6.30. The van der Waals surface area contributed by atoms with Gasteiger partial charge in [-0.05, 0) is 50.3 Å². The Labute approximate surface area is 118 Å². The van der Waals surface area contributed by atoms with Crippen molar-refractivity contribution < 1.29 is 0 Å². The van der Waals surface area contributed by atoms with Crippen LogP contribution in [-0.2, 0) is 0 Å². The lowest BCUT2D eigenvalue weighted by Gasteiger charge is -2.20. The molecule has 0 bridgehead atoms. The maximum absolute atomic E-state index is 5.97. The smallest absolute Gasteiger partial charge is 0.0825 e. The topological polar surface area (TPSA) is 40.7 Å². The molecule has 1 heterocycles. The van der Waals surface area contributed by atoms with Crippen LogP contribution in [0.1, 0.15) is 35.8 Å². The minimum atomic E-state index is 0.354. The van der Waals surface area contributed by atoms with Crippen LogP contribution >= 0.6 is 11.6 Å². The van der Waals surface area contributed by atoms with Gasteiger partial charge < -0.3 is 5.32 Å². The van der Waals surface area contributed by atoms with E-state index in [1.54, 1.807) is 0 Å². The fourth-order valence-corrected chi connectivity index (χ4v) is 2.62. The summed E-state index contributed by atoms with van der Waals surface area (Å²) in [7, 11) is 0. The molecule has 0 radical (unpaired) electrons. The summed E-state index contributed by atoms with van der Waals surface area (Å²) in [4.78, 5) is 0. The second kappa shape index (κ2) is 4.89. The molecule has 0 saturated heterocycles. The van der Waals surface area contributed by atoms with Gasteiger partial charge in [-0.1, -0.05) is 23.7 Å². The molecule has 3 rings (SSSR count). The monoisotopic (exact) mass is 275 g/mol. The standard InChI is InChI=1S/C15H18ClN3/c1-9-14(10(2)19-18-9)17-15(11-3-4-11)12-5-7-13(16)8-6-12/h5-8,11,15,17H,3-4H2,1-2H3,(H,18,19). The number of aryl methyl sites for hydroxylation is 2. The molecule has 1 atom stereocenters. The Morgan fingerprint density at radius 2 is 1.95 bits per heavy atom. The van der Waals surface area contributed by atoms with Gasteiger partial charge in [0.15, 0.2) is 0 Å². The Morgan fingerprint density at radius 1 is 1.26 bits per heavy atom. The highest BCUT2D eigenvalue weighted by atomic mass is 35.5. The molecule has 0 spiro atoms. The van der Waals surface area contributed by atoms with E-state index >= 15 is 0 Å². The summed E-state index contributed by atoms with van der Waals surface area (Å²) >= 11 is 5.97. The van der Waals surface area contributed by atoms with Crippen molar-refractivity contribution in [3.05, 3.63) is 46.2 Å². The molecule has 1 aromatic heterocycles. The van der Waals surface area contributed by atoms with E-state index in [2.05, 4.69) is 27.6 Å². The van der Waals surface area contributed by atoms with Gasteiger partial charge in [-0.25, -0.2) is 0 Å². The predicted octanol–water partition coefficient (Wildman–Crippen LogP) is 4.24. The van der Waals surface area contributed by atoms with Crippen LogP contribution in [-0.4, -0.2) is 10.2 Å². The Kier molecular flexibility index (Phi) is 3.23. The number of aromatic amines is 1. The first-order chi connectivity index (χ1) is 9.15. The summed E-state index contributed by atoms with van der Waals surface area (Å²) < 4.78 is 0. The zero-order valence-electron chi connectivity index (χ0n) is 11.2. The van der Waals surface area contributed by atoms with Gasteiger partial charge in [0.2, 0.25) is 0 Å². The molecular weight excluding hydrogens is 258 g/mol. The average molecular weight is 276 g/mol. The van der Waals surface area contributed by atoms with Gasteiger partial charge in [0.25, 0.3) is 0 Å². The third-order valence-corrected chi connectivity index (χ3v) is 4.00. The van der Waals surface area contributed by atoms with E-state index in [1.165, 1.54) is 18.4 Å². The molecule has 100 valence electrons. The molecule has 2 N–H and O–H groups in total. The second-order valence-electron chi connectivity index (χ2n) is 5.32. The van der Waals surface area contributed by atoms with Crippen LogP contribution in [0.4, 0.5) is 5.69 Å². The molecule has 1 aliphatic rings. The van der Waals surface area contributed by atoms with Crippen molar-refractivity contribution in [1.29, 1.82) is 0 Å². The van der Waals surface area contributed by atoms with Crippen molar-refractivity contribution in [3.63, 3.8) is 0 Å². The third-order valence-electron chi connectivity index (χ3n) is 3.75. The molecule has 19 heavy (non-hydrogen) atoms. The number of aromatic nitrogens is 2. The summed E-state index contributed by atoms with van der Waals surface area (Å²) in [5.74, 6) is 0.717.